The van der Waals surface area contributed by atoms with Crippen LogP contribution in [0.2, 0.25) is 0 Å². The largest absolute Gasteiger partial charge is 0.480 e. The Morgan fingerprint density at radius 1 is 1.09 bits per heavy atom. The Hall–Kier alpha value is -4.14. The zero-order valence-electron chi connectivity index (χ0n) is 18.7. The zero-order chi connectivity index (χ0) is 24.1. The molecule has 0 atom stereocenters. The standard InChI is InChI=1S/C25H25N3O6/c1-2-11-28(13-23(29)30)24(31)21-15-34-27-22(21)12-26-25(32)33-14-20-18-9-5-3-7-16(18)17-8-4-6-10-19(17)20/h3-10,15,20H,2,11-14H2,1H3,(H,26,32)(H,29,30). The number of carbonyl (C=O) groups is 3. The summed E-state index contributed by atoms with van der Waals surface area (Å²) in [5.41, 5.74) is 4.79. The number of rotatable bonds is 9. The van der Waals surface area contributed by atoms with E-state index < -0.39 is 24.5 Å². The molecule has 3 aromatic rings. The number of carboxylic acids is 1. The quantitative estimate of drug-likeness (QED) is 0.497. The number of ether oxygens (including phenoxy) is 1. The van der Waals surface area contributed by atoms with Crippen molar-refractivity contribution in [3.63, 3.8) is 0 Å². The van der Waals surface area contributed by atoms with Gasteiger partial charge in [0.05, 0.1) is 6.54 Å². The summed E-state index contributed by atoms with van der Waals surface area (Å²) in [6, 6.07) is 16.1. The number of carboxylic acid groups (broad SMARTS) is 1. The van der Waals surface area contributed by atoms with E-state index in [4.69, 9.17) is 14.4 Å². The van der Waals surface area contributed by atoms with Gasteiger partial charge in [0.15, 0.2) is 0 Å². The fourth-order valence-corrected chi connectivity index (χ4v) is 4.22. The lowest BCUT2D eigenvalue weighted by atomic mass is 9.98. The molecule has 34 heavy (non-hydrogen) atoms. The van der Waals surface area contributed by atoms with Gasteiger partial charge >= 0.3 is 12.1 Å². The minimum absolute atomic E-state index is 0.0686. The first-order valence-electron chi connectivity index (χ1n) is 11.0. The molecule has 2 aromatic carbocycles. The van der Waals surface area contributed by atoms with Crippen molar-refractivity contribution in [3.05, 3.63) is 77.2 Å². The van der Waals surface area contributed by atoms with Gasteiger partial charge in [0.1, 0.15) is 30.7 Å². The number of amides is 2. The molecule has 1 aromatic heterocycles. The average molecular weight is 463 g/mol. The molecule has 0 radical (unpaired) electrons. The maximum Gasteiger partial charge on any atom is 0.407 e. The molecule has 176 valence electrons. The molecule has 0 unspecified atom stereocenters. The number of aliphatic carboxylic acids is 1. The van der Waals surface area contributed by atoms with Crippen LogP contribution in [0.3, 0.4) is 0 Å². The topological polar surface area (TPSA) is 122 Å². The van der Waals surface area contributed by atoms with E-state index in [2.05, 4.69) is 22.6 Å². The van der Waals surface area contributed by atoms with Crippen LogP contribution in [0.15, 0.2) is 59.3 Å². The van der Waals surface area contributed by atoms with Crippen LogP contribution < -0.4 is 5.32 Å². The van der Waals surface area contributed by atoms with Crippen LogP contribution >= 0.6 is 0 Å². The van der Waals surface area contributed by atoms with Crippen LogP contribution in [0, 0.1) is 0 Å². The van der Waals surface area contributed by atoms with E-state index in [0.29, 0.717) is 6.42 Å². The molecule has 0 saturated carbocycles. The number of benzene rings is 2. The van der Waals surface area contributed by atoms with Crippen molar-refractivity contribution < 1.29 is 28.8 Å². The molecule has 2 N–H and O–H groups in total. The normalized spacial score (nSPS) is 12.0. The van der Waals surface area contributed by atoms with Gasteiger partial charge < -0.3 is 24.6 Å². The number of hydrogen-bond donors (Lipinski definition) is 2. The number of alkyl carbamates (subject to hydrolysis) is 1. The third-order valence-corrected chi connectivity index (χ3v) is 5.73. The Kier molecular flexibility index (Phi) is 6.91. The molecule has 1 heterocycles. The molecular formula is C25H25N3O6. The molecule has 1 aliphatic carbocycles. The number of hydrogen-bond acceptors (Lipinski definition) is 6. The van der Waals surface area contributed by atoms with E-state index in [1.54, 1.807) is 0 Å². The summed E-state index contributed by atoms with van der Waals surface area (Å²) in [4.78, 5) is 37.5. The van der Waals surface area contributed by atoms with Crippen LogP contribution in [0.1, 0.15) is 46.4 Å². The van der Waals surface area contributed by atoms with Gasteiger partial charge in [-0.25, -0.2) is 4.79 Å². The van der Waals surface area contributed by atoms with Crippen LogP contribution in [0.5, 0.6) is 0 Å². The van der Waals surface area contributed by atoms with Gasteiger partial charge in [-0.05, 0) is 28.7 Å². The second-order valence-corrected chi connectivity index (χ2v) is 7.97. The predicted octanol–water partition coefficient (Wildman–Crippen LogP) is 3.65. The van der Waals surface area contributed by atoms with Gasteiger partial charge in [-0.3, -0.25) is 9.59 Å². The Morgan fingerprint density at radius 2 is 1.74 bits per heavy atom. The minimum Gasteiger partial charge on any atom is -0.480 e. The Labute approximate surface area is 196 Å². The van der Waals surface area contributed by atoms with Crippen LogP contribution in [-0.2, 0) is 16.1 Å². The Morgan fingerprint density at radius 3 is 2.35 bits per heavy atom. The number of nitrogens with one attached hydrogen (secondary N) is 1. The van der Waals surface area contributed by atoms with Crippen LogP contribution in [0.25, 0.3) is 11.1 Å². The van der Waals surface area contributed by atoms with E-state index in [1.165, 1.54) is 4.90 Å². The van der Waals surface area contributed by atoms with Gasteiger partial charge in [-0.15, -0.1) is 0 Å². The lowest BCUT2D eigenvalue weighted by Gasteiger charge is -2.19. The maximum atomic E-state index is 12.7. The number of aromatic nitrogens is 1. The van der Waals surface area contributed by atoms with Crippen molar-refractivity contribution in [3.8, 4) is 11.1 Å². The number of nitrogens with zero attached hydrogens (tertiary/aromatic N) is 2. The van der Waals surface area contributed by atoms with E-state index in [1.807, 2.05) is 43.3 Å². The van der Waals surface area contributed by atoms with Crippen molar-refractivity contribution in [1.82, 2.24) is 15.4 Å². The van der Waals surface area contributed by atoms with Crippen LogP contribution in [0.4, 0.5) is 4.79 Å². The monoisotopic (exact) mass is 463 g/mol. The summed E-state index contributed by atoms with van der Waals surface area (Å²) >= 11 is 0. The van der Waals surface area contributed by atoms with Crippen molar-refractivity contribution >= 4 is 18.0 Å². The summed E-state index contributed by atoms with van der Waals surface area (Å²) < 4.78 is 10.4. The molecule has 0 aliphatic heterocycles. The summed E-state index contributed by atoms with van der Waals surface area (Å²) in [7, 11) is 0. The maximum absolute atomic E-state index is 12.7. The number of fused-ring (bicyclic) bond motifs is 3. The van der Waals surface area contributed by atoms with Gasteiger partial charge in [0, 0.05) is 12.5 Å². The fraction of sp³-hybridized carbons (Fsp3) is 0.280. The van der Waals surface area contributed by atoms with E-state index in [-0.39, 0.29) is 36.9 Å². The van der Waals surface area contributed by atoms with Gasteiger partial charge in [0.2, 0.25) is 0 Å². The summed E-state index contributed by atoms with van der Waals surface area (Å²) in [5.74, 6) is -1.70. The van der Waals surface area contributed by atoms with Crippen molar-refractivity contribution in [2.24, 2.45) is 0 Å². The molecule has 9 heteroatoms. The highest BCUT2D eigenvalue weighted by atomic mass is 16.5. The molecule has 2 amide bonds. The fourth-order valence-electron chi connectivity index (χ4n) is 4.22. The third kappa shape index (κ3) is 4.78. The van der Waals surface area contributed by atoms with E-state index in [0.717, 1.165) is 28.5 Å². The Balaban J connectivity index is 1.38. The molecule has 4 rings (SSSR count). The number of carbonyl (C=O) groups excluding carboxylic acids is 2. The first kappa shape index (κ1) is 23.0. The molecule has 0 spiro atoms. The smallest absolute Gasteiger partial charge is 0.407 e. The predicted molar refractivity (Wildman–Crippen MR) is 122 cm³/mol. The molecule has 0 saturated heterocycles. The lowest BCUT2D eigenvalue weighted by Crippen LogP contribution is -2.37. The zero-order valence-corrected chi connectivity index (χ0v) is 18.7. The molecule has 0 fully saturated rings. The SMILES string of the molecule is CCCN(CC(=O)O)C(=O)c1conc1CNC(=O)OCC1c2ccccc2-c2ccccc21. The van der Waals surface area contributed by atoms with Gasteiger partial charge in [-0.1, -0.05) is 60.6 Å². The molecular weight excluding hydrogens is 438 g/mol. The molecule has 1 aliphatic rings. The minimum atomic E-state index is -1.11. The first-order chi connectivity index (χ1) is 16.5. The van der Waals surface area contributed by atoms with Gasteiger partial charge in [-0.2, -0.15) is 0 Å². The lowest BCUT2D eigenvalue weighted by molar-refractivity contribution is -0.137. The first-order valence-corrected chi connectivity index (χ1v) is 11.0. The average Bonchev–Trinajstić information content (AvgIpc) is 3.43. The Bertz CT molecular complexity index is 1160. The van der Waals surface area contributed by atoms with E-state index >= 15 is 0 Å². The van der Waals surface area contributed by atoms with Crippen molar-refractivity contribution in [2.45, 2.75) is 25.8 Å². The highest BCUT2D eigenvalue weighted by Gasteiger charge is 2.29. The van der Waals surface area contributed by atoms with Gasteiger partial charge in [0.25, 0.3) is 5.91 Å². The second kappa shape index (κ2) is 10.2. The van der Waals surface area contributed by atoms with E-state index in [9.17, 15) is 14.4 Å². The molecule has 0 bridgehead atoms. The highest BCUT2D eigenvalue weighted by molar-refractivity contribution is 5.96. The third-order valence-electron chi connectivity index (χ3n) is 5.73. The summed E-state index contributed by atoms with van der Waals surface area (Å²) in [5, 5.41) is 15.4. The second-order valence-electron chi connectivity index (χ2n) is 7.97. The summed E-state index contributed by atoms with van der Waals surface area (Å²) in [6.45, 7) is 1.75. The van der Waals surface area contributed by atoms with Crippen molar-refractivity contribution in [2.75, 3.05) is 19.7 Å². The van der Waals surface area contributed by atoms with Crippen molar-refractivity contribution in [1.29, 1.82) is 0 Å². The van der Waals surface area contributed by atoms with Crippen LogP contribution in [-0.4, -0.2) is 52.8 Å². The summed E-state index contributed by atoms with van der Waals surface area (Å²) in [6.07, 6.45) is 1.10. The molecule has 9 nitrogen and oxygen atoms in total. The highest BCUT2D eigenvalue weighted by Crippen LogP contribution is 2.44.